The molecule has 0 atom stereocenters. The van der Waals surface area contributed by atoms with Crippen LogP contribution < -0.4 is 10.1 Å². The van der Waals surface area contributed by atoms with Crippen LogP contribution in [0.25, 0.3) is 0 Å². The number of nitrogens with one attached hydrogen (secondary N) is 1. The molecule has 5 nitrogen and oxygen atoms in total. The fourth-order valence-corrected chi connectivity index (χ4v) is 2.74. The largest absolute Gasteiger partial charge is 0.492 e. The van der Waals surface area contributed by atoms with Crippen LogP contribution in [0.2, 0.25) is 5.02 Å². The van der Waals surface area contributed by atoms with Crippen molar-refractivity contribution in [2.45, 2.75) is 4.34 Å². The minimum absolute atomic E-state index is 0.0510. The van der Waals surface area contributed by atoms with Gasteiger partial charge in [0.05, 0.1) is 12.3 Å². The average molecular weight is 330 g/mol. The molecule has 0 spiro atoms. The SMILES string of the molecule is O=C(CSc1nncs1)NCCOc1ccc(Cl)cc1. The summed E-state index contributed by atoms with van der Waals surface area (Å²) < 4.78 is 6.25. The van der Waals surface area contributed by atoms with E-state index in [1.54, 1.807) is 29.8 Å². The molecule has 1 amide bonds. The number of halogens is 1. The molecule has 0 aliphatic rings. The summed E-state index contributed by atoms with van der Waals surface area (Å²) in [6, 6.07) is 7.09. The molecule has 0 bridgehead atoms. The van der Waals surface area contributed by atoms with E-state index in [1.807, 2.05) is 0 Å². The van der Waals surface area contributed by atoms with Crippen LogP contribution in [0.4, 0.5) is 0 Å². The first-order valence-corrected chi connectivity index (χ1v) is 8.02. The lowest BCUT2D eigenvalue weighted by Crippen LogP contribution is -2.29. The van der Waals surface area contributed by atoms with Gasteiger partial charge in [-0.1, -0.05) is 34.7 Å². The highest BCUT2D eigenvalue weighted by Gasteiger charge is 2.04. The zero-order chi connectivity index (χ0) is 14.2. The van der Waals surface area contributed by atoms with Crippen LogP contribution in [-0.4, -0.2) is 35.0 Å². The maximum atomic E-state index is 11.5. The summed E-state index contributed by atoms with van der Waals surface area (Å²) in [4.78, 5) is 11.5. The number of thioether (sulfide) groups is 1. The van der Waals surface area contributed by atoms with Crippen LogP contribution >= 0.6 is 34.7 Å². The molecule has 0 saturated heterocycles. The molecule has 1 heterocycles. The van der Waals surface area contributed by atoms with Gasteiger partial charge in [-0.05, 0) is 24.3 Å². The molecule has 20 heavy (non-hydrogen) atoms. The molecule has 0 saturated carbocycles. The molecular weight excluding hydrogens is 318 g/mol. The van der Waals surface area contributed by atoms with E-state index in [0.29, 0.717) is 23.9 Å². The minimum atomic E-state index is -0.0510. The first-order chi connectivity index (χ1) is 9.74. The van der Waals surface area contributed by atoms with Crippen molar-refractivity contribution in [1.29, 1.82) is 0 Å². The van der Waals surface area contributed by atoms with Crippen LogP contribution in [0.5, 0.6) is 5.75 Å². The number of ether oxygens (including phenoxy) is 1. The van der Waals surface area contributed by atoms with Gasteiger partial charge in [-0.3, -0.25) is 4.79 Å². The van der Waals surface area contributed by atoms with Crippen molar-refractivity contribution in [3.05, 3.63) is 34.8 Å². The summed E-state index contributed by atoms with van der Waals surface area (Å²) >= 11 is 8.55. The average Bonchev–Trinajstić information content (AvgIpc) is 2.96. The number of carbonyl (C=O) groups is 1. The van der Waals surface area contributed by atoms with Crippen molar-refractivity contribution in [1.82, 2.24) is 15.5 Å². The Morgan fingerprint density at radius 3 is 2.90 bits per heavy atom. The normalized spacial score (nSPS) is 10.2. The summed E-state index contributed by atoms with van der Waals surface area (Å²) in [6.45, 7) is 0.870. The standard InChI is InChI=1S/C12H12ClN3O2S2/c13-9-1-3-10(4-2-9)18-6-5-14-11(17)7-19-12-16-15-8-20-12/h1-4,8H,5-7H2,(H,14,17). The zero-order valence-corrected chi connectivity index (χ0v) is 12.8. The number of carbonyl (C=O) groups excluding carboxylic acids is 1. The summed E-state index contributed by atoms with van der Waals surface area (Å²) in [7, 11) is 0. The van der Waals surface area contributed by atoms with Crippen LogP contribution in [0.3, 0.4) is 0 Å². The highest BCUT2D eigenvalue weighted by atomic mass is 35.5. The van der Waals surface area contributed by atoms with Crippen molar-refractivity contribution >= 4 is 40.6 Å². The maximum absolute atomic E-state index is 11.5. The van der Waals surface area contributed by atoms with E-state index in [-0.39, 0.29) is 5.91 Å². The van der Waals surface area contributed by atoms with E-state index in [0.717, 1.165) is 10.1 Å². The fourth-order valence-electron chi connectivity index (χ4n) is 1.29. The zero-order valence-electron chi connectivity index (χ0n) is 10.4. The molecule has 0 radical (unpaired) electrons. The van der Waals surface area contributed by atoms with Crippen LogP contribution in [0, 0.1) is 0 Å². The number of nitrogens with zero attached hydrogens (tertiary/aromatic N) is 2. The molecule has 0 aliphatic heterocycles. The fraction of sp³-hybridized carbons (Fsp3) is 0.250. The molecular formula is C12H12ClN3O2S2. The quantitative estimate of drug-likeness (QED) is 0.624. The second kappa shape index (κ2) is 8.08. The lowest BCUT2D eigenvalue weighted by atomic mass is 10.3. The molecule has 2 aromatic rings. The third-order valence-electron chi connectivity index (χ3n) is 2.17. The third kappa shape index (κ3) is 5.36. The molecule has 0 fully saturated rings. The first-order valence-electron chi connectivity index (χ1n) is 5.78. The first kappa shape index (κ1) is 15.1. The van der Waals surface area contributed by atoms with E-state index < -0.39 is 0 Å². The molecule has 2 rings (SSSR count). The number of hydrogen-bond donors (Lipinski definition) is 1. The topological polar surface area (TPSA) is 64.1 Å². The smallest absolute Gasteiger partial charge is 0.230 e. The van der Waals surface area contributed by atoms with Crippen molar-refractivity contribution in [3.63, 3.8) is 0 Å². The maximum Gasteiger partial charge on any atom is 0.230 e. The van der Waals surface area contributed by atoms with Crippen molar-refractivity contribution in [2.75, 3.05) is 18.9 Å². The number of benzene rings is 1. The second-order valence-electron chi connectivity index (χ2n) is 3.65. The molecule has 8 heteroatoms. The van der Waals surface area contributed by atoms with Crippen LogP contribution in [-0.2, 0) is 4.79 Å². The van der Waals surface area contributed by atoms with Gasteiger partial charge in [0.1, 0.15) is 17.9 Å². The van der Waals surface area contributed by atoms with E-state index in [2.05, 4.69) is 15.5 Å². The summed E-state index contributed by atoms with van der Waals surface area (Å²) in [5, 5.41) is 11.0. The third-order valence-corrected chi connectivity index (χ3v) is 4.29. The monoisotopic (exact) mass is 329 g/mol. The highest BCUT2D eigenvalue weighted by molar-refractivity contribution is 8.01. The van der Waals surface area contributed by atoms with Gasteiger partial charge >= 0.3 is 0 Å². The predicted octanol–water partition coefficient (Wildman–Crippen LogP) is 2.48. The Morgan fingerprint density at radius 2 is 2.20 bits per heavy atom. The number of hydrogen-bond acceptors (Lipinski definition) is 6. The number of amides is 1. The Morgan fingerprint density at radius 1 is 1.40 bits per heavy atom. The van der Waals surface area contributed by atoms with Gasteiger partial charge in [0, 0.05) is 5.02 Å². The van der Waals surface area contributed by atoms with E-state index in [9.17, 15) is 4.79 Å². The minimum Gasteiger partial charge on any atom is -0.492 e. The van der Waals surface area contributed by atoms with Gasteiger partial charge in [-0.25, -0.2) is 0 Å². The Bertz CT molecular complexity index is 534. The molecule has 1 N–H and O–H groups in total. The predicted molar refractivity (Wildman–Crippen MR) is 80.6 cm³/mol. The molecule has 1 aromatic carbocycles. The van der Waals surface area contributed by atoms with Gasteiger partial charge in [0.25, 0.3) is 0 Å². The molecule has 0 aliphatic carbocycles. The summed E-state index contributed by atoms with van der Waals surface area (Å²) in [6.07, 6.45) is 0. The Labute approximate surface area is 129 Å². The Kier molecular flexibility index (Phi) is 6.10. The lowest BCUT2D eigenvalue weighted by Gasteiger charge is -2.07. The van der Waals surface area contributed by atoms with Gasteiger partial charge in [-0.15, -0.1) is 10.2 Å². The van der Waals surface area contributed by atoms with Crippen LogP contribution in [0.1, 0.15) is 0 Å². The van der Waals surface area contributed by atoms with Gasteiger partial charge < -0.3 is 10.1 Å². The van der Waals surface area contributed by atoms with E-state index in [1.165, 1.54) is 23.1 Å². The van der Waals surface area contributed by atoms with Crippen molar-refractivity contribution in [3.8, 4) is 5.75 Å². The molecule has 106 valence electrons. The highest BCUT2D eigenvalue weighted by Crippen LogP contribution is 2.18. The summed E-state index contributed by atoms with van der Waals surface area (Å²) in [5.74, 6) is 1.01. The molecule has 0 unspecified atom stereocenters. The molecule has 1 aromatic heterocycles. The van der Waals surface area contributed by atoms with Crippen molar-refractivity contribution in [2.24, 2.45) is 0 Å². The van der Waals surface area contributed by atoms with E-state index >= 15 is 0 Å². The Hall–Kier alpha value is -1.31. The van der Waals surface area contributed by atoms with Gasteiger partial charge in [-0.2, -0.15) is 0 Å². The number of rotatable bonds is 7. The summed E-state index contributed by atoms with van der Waals surface area (Å²) in [5.41, 5.74) is 1.64. The van der Waals surface area contributed by atoms with E-state index in [4.69, 9.17) is 16.3 Å². The van der Waals surface area contributed by atoms with Gasteiger partial charge in [0.15, 0.2) is 4.34 Å². The van der Waals surface area contributed by atoms with Gasteiger partial charge in [0.2, 0.25) is 5.91 Å². The second-order valence-corrected chi connectivity index (χ2v) is 6.14. The number of aromatic nitrogens is 2. The lowest BCUT2D eigenvalue weighted by molar-refractivity contribution is -0.118. The van der Waals surface area contributed by atoms with Crippen LogP contribution in [0.15, 0.2) is 34.1 Å². The Balaban J connectivity index is 1.58. The van der Waals surface area contributed by atoms with Crippen molar-refractivity contribution < 1.29 is 9.53 Å².